The largest absolute Gasteiger partial charge is 0.320 e. The number of rotatable bonds is 10. The van der Waals surface area contributed by atoms with Crippen molar-refractivity contribution in [2.75, 3.05) is 12.6 Å². The number of amides is 2. The standard InChI is InChI=1S/C39H35N2OP2/c42-39(40-31-43(33-19-7-1-8-20-33,34-21-9-2-10-22-34)35-23-11-3-12-24-35)41-32-44(36-25-13-4-14-26-36,37-27-15-5-16-28-37)38-29-17-6-18-30-38/h1-30H,31-32H2,(H-,40,41,42)/q+1/p+1. The van der Waals surface area contributed by atoms with E-state index in [2.05, 4.69) is 156 Å². The van der Waals surface area contributed by atoms with Crippen LogP contribution in [0.1, 0.15) is 0 Å². The molecule has 0 unspecified atom stereocenters. The lowest BCUT2D eigenvalue weighted by molar-refractivity contribution is 0.244. The van der Waals surface area contributed by atoms with Crippen molar-refractivity contribution in [2.45, 2.75) is 0 Å². The molecule has 0 aliphatic rings. The minimum atomic E-state index is -2.21. The van der Waals surface area contributed by atoms with E-state index < -0.39 is 14.5 Å². The molecule has 6 aromatic rings. The maximum Gasteiger partial charge on any atom is 0.320 e. The first-order valence-corrected chi connectivity index (χ1v) is 18.8. The second-order valence-corrected chi connectivity index (χ2v) is 17.6. The highest BCUT2D eigenvalue weighted by Crippen LogP contribution is 2.55. The van der Waals surface area contributed by atoms with Gasteiger partial charge < -0.3 is 10.6 Å². The molecule has 0 aliphatic carbocycles. The van der Waals surface area contributed by atoms with E-state index in [1.807, 2.05) is 36.4 Å². The molecule has 0 saturated carbocycles. The summed E-state index contributed by atoms with van der Waals surface area (Å²) in [5, 5.41) is 14.1. The third kappa shape index (κ3) is 5.95. The summed E-state index contributed by atoms with van der Waals surface area (Å²) in [6.45, 7) is 0. The van der Waals surface area contributed by atoms with E-state index in [1.54, 1.807) is 0 Å². The Morgan fingerprint density at radius 2 is 0.523 bits per heavy atom. The quantitative estimate of drug-likeness (QED) is 0.179. The molecule has 0 saturated heterocycles. The van der Waals surface area contributed by atoms with Crippen LogP contribution in [0.25, 0.3) is 0 Å². The zero-order chi connectivity index (χ0) is 30.1. The molecule has 3 nitrogen and oxygen atoms in total. The van der Waals surface area contributed by atoms with Crippen LogP contribution in [0.2, 0.25) is 0 Å². The summed E-state index contributed by atoms with van der Waals surface area (Å²) < 4.78 is 0. The lowest BCUT2D eigenvalue weighted by Crippen LogP contribution is -2.46. The van der Waals surface area contributed by atoms with Crippen molar-refractivity contribution in [3.05, 3.63) is 182 Å². The number of benzene rings is 6. The fourth-order valence-corrected chi connectivity index (χ4v) is 13.7. The Labute approximate surface area is 261 Å². The molecular weight excluding hydrogens is 574 g/mol. The van der Waals surface area contributed by atoms with Crippen LogP contribution in [0.5, 0.6) is 0 Å². The van der Waals surface area contributed by atoms with Crippen molar-refractivity contribution >= 4 is 52.4 Å². The van der Waals surface area contributed by atoms with Crippen molar-refractivity contribution < 1.29 is 4.79 Å². The van der Waals surface area contributed by atoms with Crippen LogP contribution in [0.4, 0.5) is 4.79 Å². The summed E-state index contributed by atoms with van der Waals surface area (Å²) in [5.41, 5.74) is 0. The maximum atomic E-state index is 13.9. The summed E-state index contributed by atoms with van der Waals surface area (Å²) >= 11 is 0. The monoisotopic (exact) mass is 610 g/mol. The molecule has 0 spiro atoms. The third-order valence-corrected chi connectivity index (χ3v) is 16.5. The van der Waals surface area contributed by atoms with Gasteiger partial charge in [-0.15, -0.1) is 0 Å². The summed E-state index contributed by atoms with van der Waals surface area (Å²) in [5.74, 6) is 0. The highest BCUT2D eigenvalue weighted by Gasteiger charge is 2.47. The van der Waals surface area contributed by atoms with Gasteiger partial charge in [0.05, 0.1) is 0 Å². The minimum Gasteiger partial charge on any atom is -0.305 e. The van der Waals surface area contributed by atoms with Crippen molar-refractivity contribution in [1.82, 2.24) is 10.6 Å². The zero-order valence-electron chi connectivity index (χ0n) is 24.5. The smallest absolute Gasteiger partial charge is 0.305 e. The summed E-state index contributed by atoms with van der Waals surface area (Å²) in [4.78, 5) is 13.9. The van der Waals surface area contributed by atoms with Gasteiger partial charge in [0.2, 0.25) is 0 Å². The second kappa shape index (κ2) is 13.8. The van der Waals surface area contributed by atoms with Crippen LogP contribution >= 0.6 is 14.5 Å². The summed E-state index contributed by atoms with van der Waals surface area (Å²) in [6, 6.07) is 63.6. The summed E-state index contributed by atoms with van der Waals surface area (Å²) in [6.07, 6.45) is 1.01. The van der Waals surface area contributed by atoms with Gasteiger partial charge in [-0.2, -0.15) is 0 Å². The van der Waals surface area contributed by atoms with Crippen molar-refractivity contribution in [1.29, 1.82) is 0 Å². The fourth-order valence-electron chi connectivity index (χ4n) is 5.98. The molecule has 0 radical (unpaired) electrons. The Bertz CT molecular complexity index is 1430. The van der Waals surface area contributed by atoms with Crippen LogP contribution in [0.15, 0.2) is 182 Å². The van der Waals surface area contributed by atoms with Crippen molar-refractivity contribution in [2.24, 2.45) is 0 Å². The lowest BCUT2D eigenvalue weighted by atomic mass is 10.4. The van der Waals surface area contributed by atoms with Gasteiger partial charge in [-0.05, 0) is 72.8 Å². The predicted molar refractivity (Wildman–Crippen MR) is 192 cm³/mol. The van der Waals surface area contributed by atoms with Gasteiger partial charge in [-0.1, -0.05) is 109 Å². The van der Waals surface area contributed by atoms with E-state index in [0.29, 0.717) is 12.6 Å². The normalized spacial score (nSPS) is 11.5. The number of nitrogens with one attached hydrogen (secondary N) is 2. The molecule has 5 heteroatoms. The van der Waals surface area contributed by atoms with Crippen LogP contribution in [-0.4, -0.2) is 18.6 Å². The Morgan fingerprint density at radius 1 is 0.341 bits per heavy atom. The van der Waals surface area contributed by atoms with E-state index >= 15 is 0 Å². The molecular formula is C39H36N2OP2+2. The molecule has 2 N–H and O–H groups in total. The van der Waals surface area contributed by atoms with Crippen LogP contribution < -0.4 is 42.5 Å². The molecule has 0 fully saturated rings. The maximum absolute atomic E-state index is 13.9. The van der Waals surface area contributed by atoms with Crippen molar-refractivity contribution in [3.63, 3.8) is 0 Å². The summed E-state index contributed by atoms with van der Waals surface area (Å²) in [7, 11) is -4.42. The van der Waals surface area contributed by atoms with E-state index in [1.165, 1.54) is 31.8 Å². The average Bonchev–Trinajstić information content (AvgIpc) is 3.12. The SMILES string of the molecule is O=C(NC[P+](c1ccccc1)(c1ccccc1)c1ccccc1)NC[P+](c1ccccc1)(c1ccccc1)c1ccccc1. The van der Waals surface area contributed by atoms with Gasteiger partial charge in [0, 0.05) is 0 Å². The van der Waals surface area contributed by atoms with Crippen LogP contribution in [0.3, 0.4) is 0 Å². The average molecular weight is 611 g/mol. The van der Waals surface area contributed by atoms with E-state index in [-0.39, 0.29) is 6.03 Å². The number of carbonyl (C=O) groups is 1. The lowest BCUT2D eigenvalue weighted by Gasteiger charge is -2.29. The van der Waals surface area contributed by atoms with Crippen LogP contribution in [0, 0.1) is 0 Å². The number of urea groups is 1. The molecule has 44 heavy (non-hydrogen) atoms. The highest BCUT2D eigenvalue weighted by atomic mass is 31.2. The molecule has 216 valence electrons. The fraction of sp³-hybridized carbons (Fsp3) is 0.0513. The molecule has 0 aromatic heterocycles. The predicted octanol–water partition coefficient (Wildman–Crippen LogP) is 6.19. The van der Waals surface area contributed by atoms with Gasteiger partial charge >= 0.3 is 6.03 Å². The Kier molecular flexibility index (Phi) is 9.28. The van der Waals surface area contributed by atoms with Crippen LogP contribution in [-0.2, 0) is 0 Å². The highest BCUT2D eigenvalue weighted by molar-refractivity contribution is 7.96. The van der Waals surface area contributed by atoms with Gasteiger partial charge in [0.25, 0.3) is 0 Å². The second-order valence-electron chi connectivity index (χ2n) is 10.6. The molecule has 0 heterocycles. The molecule has 0 bridgehead atoms. The topological polar surface area (TPSA) is 41.1 Å². The first-order chi connectivity index (χ1) is 21.7. The van der Waals surface area contributed by atoms with Gasteiger partial charge in [0.15, 0.2) is 0 Å². The Hall–Kier alpha value is -4.55. The molecule has 0 aliphatic heterocycles. The van der Waals surface area contributed by atoms with E-state index in [0.717, 1.165) is 0 Å². The molecule has 6 aromatic carbocycles. The van der Waals surface area contributed by atoms with Crippen molar-refractivity contribution in [3.8, 4) is 0 Å². The third-order valence-electron chi connectivity index (χ3n) is 8.14. The van der Waals surface area contributed by atoms with Gasteiger partial charge in [0.1, 0.15) is 58.9 Å². The van der Waals surface area contributed by atoms with E-state index in [4.69, 9.17) is 0 Å². The first-order valence-electron chi connectivity index (χ1n) is 14.8. The zero-order valence-corrected chi connectivity index (χ0v) is 26.3. The van der Waals surface area contributed by atoms with E-state index in [9.17, 15) is 4.79 Å². The minimum absolute atomic E-state index is 0.163. The number of carbonyl (C=O) groups excluding carboxylic acids is 1. The number of hydrogen-bond donors (Lipinski definition) is 2. The Morgan fingerprint density at radius 3 is 0.705 bits per heavy atom. The number of hydrogen-bond acceptors (Lipinski definition) is 1. The van der Waals surface area contributed by atoms with Gasteiger partial charge in [-0.3, -0.25) is 0 Å². The molecule has 2 amide bonds. The Balaban J connectivity index is 1.36. The van der Waals surface area contributed by atoms with Gasteiger partial charge in [-0.25, -0.2) is 4.79 Å². The molecule has 6 rings (SSSR count). The first kappa shape index (κ1) is 29.5. The molecule has 0 atom stereocenters.